The van der Waals surface area contributed by atoms with Gasteiger partial charge in [-0.1, -0.05) is 38.6 Å². The summed E-state index contributed by atoms with van der Waals surface area (Å²) in [6.45, 7) is 12.1. The molecule has 0 spiro atoms. The number of carbonyl (C=O) groups excluding carboxylic acids is 1. The first kappa shape index (κ1) is 21.8. The van der Waals surface area contributed by atoms with Gasteiger partial charge in [-0.25, -0.2) is 4.98 Å². The van der Waals surface area contributed by atoms with Gasteiger partial charge >= 0.3 is 0 Å². The maximum Gasteiger partial charge on any atom is 0.234 e. The highest BCUT2D eigenvalue weighted by atomic mass is 32.2. The van der Waals surface area contributed by atoms with E-state index in [2.05, 4.69) is 37.1 Å². The van der Waals surface area contributed by atoms with Crippen molar-refractivity contribution in [2.75, 3.05) is 18.2 Å². The lowest BCUT2D eigenvalue weighted by Crippen LogP contribution is -2.17. The SMILES string of the molecule is COc1ccc(C(C)(C)C)cc1NC(=O)CSc1nc(C)c(C)c(C)c1C#N. The molecule has 0 bridgehead atoms. The van der Waals surface area contributed by atoms with E-state index in [0.717, 1.165) is 22.4 Å². The molecule has 5 nitrogen and oxygen atoms in total. The zero-order valence-corrected chi connectivity index (χ0v) is 18.4. The van der Waals surface area contributed by atoms with Crippen LogP contribution < -0.4 is 10.1 Å². The Kier molecular flexibility index (Phi) is 6.73. The minimum atomic E-state index is -0.170. The molecule has 148 valence electrons. The van der Waals surface area contributed by atoms with Crippen LogP contribution >= 0.6 is 11.8 Å². The second kappa shape index (κ2) is 8.66. The molecule has 0 radical (unpaired) electrons. The van der Waals surface area contributed by atoms with Gasteiger partial charge in [-0.05, 0) is 55.0 Å². The minimum Gasteiger partial charge on any atom is -0.495 e. The summed E-state index contributed by atoms with van der Waals surface area (Å²) in [7, 11) is 1.58. The molecule has 2 aromatic rings. The van der Waals surface area contributed by atoms with Gasteiger partial charge in [0.25, 0.3) is 0 Å². The second-order valence-corrected chi connectivity index (χ2v) is 8.71. The summed E-state index contributed by atoms with van der Waals surface area (Å²) in [6.07, 6.45) is 0. The molecular weight excluding hydrogens is 370 g/mol. The highest BCUT2D eigenvalue weighted by Gasteiger charge is 2.18. The van der Waals surface area contributed by atoms with Gasteiger partial charge in [0.05, 0.1) is 24.1 Å². The molecular formula is C22H27N3O2S. The van der Waals surface area contributed by atoms with E-state index in [1.54, 1.807) is 7.11 Å². The van der Waals surface area contributed by atoms with Crippen molar-refractivity contribution < 1.29 is 9.53 Å². The number of methoxy groups -OCH3 is 1. The molecule has 2 rings (SSSR count). The van der Waals surface area contributed by atoms with Gasteiger partial charge in [0, 0.05) is 5.69 Å². The summed E-state index contributed by atoms with van der Waals surface area (Å²) in [5, 5.41) is 13.0. The highest BCUT2D eigenvalue weighted by Crippen LogP contribution is 2.32. The van der Waals surface area contributed by atoms with E-state index in [1.807, 2.05) is 39.0 Å². The summed E-state index contributed by atoms with van der Waals surface area (Å²) >= 11 is 1.27. The van der Waals surface area contributed by atoms with Gasteiger partial charge in [-0.3, -0.25) is 4.79 Å². The fourth-order valence-electron chi connectivity index (χ4n) is 2.74. The first-order valence-corrected chi connectivity index (χ1v) is 10.1. The van der Waals surface area contributed by atoms with Gasteiger partial charge in [-0.15, -0.1) is 0 Å². The average molecular weight is 398 g/mol. The zero-order chi connectivity index (χ0) is 21.1. The van der Waals surface area contributed by atoms with Gasteiger partial charge in [0.15, 0.2) is 0 Å². The molecule has 6 heteroatoms. The molecule has 1 aromatic carbocycles. The third-order valence-electron chi connectivity index (χ3n) is 4.75. The van der Waals surface area contributed by atoms with Crippen LogP contribution in [0.2, 0.25) is 0 Å². The number of benzene rings is 1. The third-order valence-corrected chi connectivity index (χ3v) is 5.73. The lowest BCUT2D eigenvalue weighted by Gasteiger charge is -2.21. The number of hydrogen-bond acceptors (Lipinski definition) is 5. The predicted octanol–water partition coefficient (Wildman–Crippen LogP) is 4.92. The molecule has 0 unspecified atom stereocenters. The molecule has 1 N–H and O–H groups in total. The smallest absolute Gasteiger partial charge is 0.234 e. The van der Waals surface area contributed by atoms with Gasteiger partial charge in [0.1, 0.15) is 16.8 Å². The molecule has 1 amide bonds. The summed E-state index contributed by atoms with van der Waals surface area (Å²) in [4.78, 5) is 17.1. The zero-order valence-electron chi connectivity index (χ0n) is 17.6. The quantitative estimate of drug-likeness (QED) is 0.725. The normalized spacial score (nSPS) is 11.1. The van der Waals surface area contributed by atoms with E-state index in [0.29, 0.717) is 22.0 Å². The fourth-order valence-corrected chi connectivity index (χ4v) is 3.62. The largest absolute Gasteiger partial charge is 0.495 e. The second-order valence-electron chi connectivity index (χ2n) is 7.74. The number of nitrogens with zero attached hydrogens (tertiary/aromatic N) is 2. The van der Waals surface area contributed by atoms with E-state index >= 15 is 0 Å². The summed E-state index contributed by atoms with van der Waals surface area (Å²) < 4.78 is 5.38. The van der Waals surface area contributed by atoms with Crippen molar-refractivity contribution >= 4 is 23.4 Å². The standard InChI is InChI=1S/C22H27N3O2S/c1-13-14(2)17(11-23)21(24-15(13)3)28-12-20(26)25-18-10-16(22(4,5)6)8-9-19(18)27-7/h8-10H,12H2,1-7H3,(H,25,26). The van der Waals surface area contributed by atoms with Crippen LogP contribution in [0.1, 0.15) is 48.7 Å². The lowest BCUT2D eigenvalue weighted by molar-refractivity contribution is -0.113. The van der Waals surface area contributed by atoms with Crippen molar-refractivity contribution in [3.05, 3.63) is 46.1 Å². The number of aryl methyl sites for hydroxylation is 1. The fraction of sp³-hybridized carbons (Fsp3) is 0.409. The van der Waals surface area contributed by atoms with E-state index in [9.17, 15) is 10.1 Å². The van der Waals surface area contributed by atoms with Crippen LogP contribution in [0, 0.1) is 32.1 Å². The summed E-state index contributed by atoms with van der Waals surface area (Å²) in [6, 6.07) is 8.03. The number of nitriles is 1. The van der Waals surface area contributed by atoms with Crippen LogP contribution in [0.4, 0.5) is 5.69 Å². The maximum absolute atomic E-state index is 12.6. The molecule has 0 aliphatic carbocycles. The number of pyridine rings is 1. The lowest BCUT2D eigenvalue weighted by atomic mass is 9.87. The Labute approximate surface area is 171 Å². The van der Waals surface area contributed by atoms with Crippen molar-refractivity contribution in [1.29, 1.82) is 5.26 Å². The van der Waals surface area contributed by atoms with Crippen LogP contribution in [-0.2, 0) is 10.2 Å². The third kappa shape index (κ3) is 4.85. The average Bonchev–Trinajstić information content (AvgIpc) is 2.63. The Bertz CT molecular complexity index is 940. The molecule has 0 fully saturated rings. The molecule has 0 atom stereocenters. The Balaban J connectivity index is 2.19. The molecule has 0 aliphatic heterocycles. The van der Waals surface area contributed by atoms with Crippen LogP contribution in [0.3, 0.4) is 0 Å². The molecule has 1 aromatic heterocycles. The summed E-state index contributed by atoms with van der Waals surface area (Å²) in [5.41, 5.74) is 5.04. The highest BCUT2D eigenvalue weighted by molar-refractivity contribution is 8.00. The number of nitrogens with one attached hydrogen (secondary N) is 1. The number of rotatable bonds is 5. The predicted molar refractivity (Wildman–Crippen MR) is 114 cm³/mol. The maximum atomic E-state index is 12.6. The van der Waals surface area contributed by atoms with Gasteiger partial charge in [0.2, 0.25) is 5.91 Å². The van der Waals surface area contributed by atoms with Gasteiger partial charge < -0.3 is 10.1 Å². The van der Waals surface area contributed by atoms with Crippen molar-refractivity contribution in [2.24, 2.45) is 0 Å². The van der Waals surface area contributed by atoms with E-state index < -0.39 is 0 Å². The van der Waals surface area contributed by atoms with Crippen LogP contribution in [0.25, 0.3) is 0 Å². The molecule has 0 saturated carbocycles. The molecule has 28 heavy (non-hydrogen) atoms. The number of anilines is 1. The van der Waals surface area contributed by atoms with Crippen molar-refractivity contribution in [2.45, 2.75) is 52.0 Å². The Morgan fingerprint density at radius 1 is 1.25 bits per heavy atom. The van der Waals surface area contributed by atoms with Crippen LogP contribution in [0.5, 0.6) is 5.75 Å². The monoisotopic (exact) mass is 397 g/mol. The van der Waals surface area contributed by atoms with Crippen molar-refractivity contribution in [3.63, 3.8) is 0 Å². The van der Waals surface area contributed by atoms with E-state index in [4.69, 9.17) is 4.74 Å². The Morgan fingerprint density at radius 3 is 2.50 bits per heavy atom. The van der Waals surface area contributed by atoms with Crippen LogP contribution in [0.15, 0.2) is 23.2 Å². The number of hydrogen-bond donors (Lipinski definition) is 1. The Morgan fingerprint density at radius 2 is 1.93 bits per heavy atom. The first-order chi connectivity index (χ1) is 13.1. The first-order valence-electron chi connectivity index (χ1n) is 9.07. The topological polar surface area (TPSA) is 75.0 Å². The molecule has 0 saturated heterocycles. The number of aromatic nitrogens is 1. The number of thioether (sulfide) groups is 1. The number of carbonyl (C=O) groups is 1. The number of amides is 1. The van der Waals surface area contributed by atoms with Crippen molar-refractivity contribution in [3.8, 4) is 11.8 Å². The number of ether oxygens (including phenoxy) is 1. The molecule has 1 heterocycles. The molecule has 0 aliphatic rings. The van der Waals surface area contributed by atoms with Crippen LogP contribution in [-0.4, -0.2) is 23.8 Å². The minimum absolute atomic E-state index is 0.0386. The van der Waals surface area contributed by atoms with E-state index in [1.165, 1.54) is 11.8 Å². The Hall–Kier alpha value is -2.52. The van der Waals surface area contributed by atoms with Gasteiger partial charge in [-0.2, -0.15) is 5.26 Å². The van der Waals surface area contributed by atoms with E-state index in [-0.39, 0.29) is 17.1 Å². The van der Waals surface area contributed by atoms with Crippen molar-refractivity contribution in [1.82, 2.24) is 4.98 Å². The summed E-state index contributed by atoms with van der Waals surface area (Å²) in [5.74, 6) is 0.604.